The van der Waals surface area contributed by atoms with E-state index in [2.05, 4.69) is 82.8 Å². The van der Waals surface area contributed by atoms with E-state index < -0.39 is 5.60 Å². The smallest absolute Gasteiger partial charge is 0.228 e. The zero-order valence-electron chi connectivity index (χ0n) is 27.0. The van der Waals surface area contributed by atoms with Gasteiger partial charge in [-0.25, -0.2) is 4.98 Å². The third kappa shape index (κ3) is 5.40. The number of hydrogen-bond acceptors (Lipinski definition) is 4. The number of piperidine rings is 2. The number of nitrogens with zero attached hydrogens (tertiary/aromatic N) is 4. The van der Waals surface area contributed by atoms with Crippen LogP contribution in [0, 0.1) is 12.8 Å². The van der Waals surface area contributed by atoms with Gasteiger partial charge in [0.1, 0.15) is 5.82 Å². The lowest BCUT2D eigenvalue weighted by molar-refractivity contribution is -0.150. The molecule has 4 fully saturated rings. The molecule has 2 aromatic carbocycles. The van der Waals surface area contributed by atoms with Gasteiger partial charge in [0.2, 0.25) is 5.91 Å². The molecule has 236 valence electrons. The fourth-order valence-electron chi connectivity index (χ4n) is 9.94. The number of imidazole rings is 1. The van der Waals surface area contributed by atoms with Crippen molar-refractivity contribution in [2.24, 2.45) is 5.92 Å². The quantitative estimate of drug-likeness (QED) is 0.299. The summed E-state index contributed by atoms with van der Waals surface area (Å²) < 4.78 is 2.53. The summed E-state index contributed by atoms with van der Waals surface area (Å²) in [5.74, 6) is 1.08. The lowest BCUT2D eigenvalue weighted by Gasteiger charge is -2.47. The topological polar surface area (TPSA) is 61.6 Å². The van der Waals surface area contributed by atoms with Crippen molar-refractivity contribution in [3.05, 3.63) is 66.0 Å². The highest BCUT2D eigenvalue weighted by atomic mass is 16.3. The summed E-state index contributed by atoms with van der Waals surface area (Å²) in [6.45, 7) is 6.98. The van der Waals surface area contributed by atoms with Crippen molar-refractivity contribution in [1.82, 2.24) is 19.4 Å². The van der Waals surface area contributed by atoms with E-state index >= 15 is 0 Å². The Morgan fingerprint density at radius 3 is 2.25 bits per heavy atom. The van der Waals surface area contributed by atoms with Gasteiger partial charge in [-0.3, -0.25) is 9.69 Å². The Bertz CT molecular complexity index is 1420. The van der Waals surface area contributed by atoms with Gasteiger partial charge in [-0.2, -0.15) is 0 Å². The minimum Gasteiger partial charge on any atom is -0.389 e. The number of para-hydroxylation sites is 2. The normalized spacial score (nSPS) is 27.4. The van der Waals surface area contributed by atoms with Crippen molar-refractivity contribution < 1.29 is 9.90 Å². The van der Waals surface area contributed by atoms with Gasteiger partial charge in [0, 0.05) is 31.2 Å². The number of carbonyl (C=O) groups excluding carboxylic acids is 1. The molecule has 44 heavy (non-hydrogen) atoms. The van der Waals surface area contributed by atoms with E-state index in [-0.39, 0.29) is 17.2 Å². The highest BCUT2D eigenvalue weighted by molar-refractivity contribution is 5.80. The minimum absolute atomic E-state index is 0.0922. The van der Waals surface area contributed by atoms with Crippen molar-refractivity contribution in [3.8, 4) is 0 Å². The van der Waals surface area contributed by atoms with Gasteiger partial charge in [-0.15, -0.1) is 0 Å². The Labute approximate surface area is 263 Å². The van der Waals surface area contributed by atoms with Crippen LogP contribution >= 0.6 is 0 Å². The first-order valence-electron chi connectivity index (χ1n) is 17.7. The van der Waals surface area contributed by atoms with Crippen LogP contribution in [-0.4, -0.2) is 67.7 Å². The summed E-state index contributed by atoms with van der Waals surface area (Å²) in [6, 6.07) is 21.6. The van der Waals surface area contributed by atoms with E-state index in [9.17, 15) is 9.90 Å². The Morgan fingerprint density at radius 1 is 0.909 bits per heavy atom. The SMILES string of the molecule is CCC(C(=O)N1CCC(CCN2[C@@H]3CC[C@H]2C[C@@H](n2c(C)nc4ccccc42)C3)(c2ccccc2)CC1)C1(O)CCCCC1. The lowest BCUT2D eigenvalue weighted by Crippen LogP contribution is -2.53. The van der Waals surface area contributed by atoms with E-state index in [1.165, 1.54) is 43.2 Å². The summed E-state index contributed by atoms with van der Waals surface area (Å²) in [4.78, 5) is 23.7. The van der Waals surface area contributed by atoms with Crippen molar-refractivity contribution in [3.63, 3.8) is 0 Å². The molecule has 2 bridgehead atoms. The van der Waals surface area contributed by atoms with Crippen LogP contribution in [0.5, 0.6) is 0 Å². The first-order chi connectivity index (χ1) is 21.4. The van der Waals surface area contributed by atoms with E-state index in [4.69, 9.17) is 4.98 Å². The molecule has 1 saturated carbocycles. The summed E-state index contributed by atoms with van der Waals surface area (Å²) in [6.07, 6.45) is 13.7. The lowest BCUT2D eigenvalue weighted by atomic mass is 9.69. The molecule has 1 N–H and O–H groups in total. The molecule has 0 spiro atoms. The fraction of sp³-hybridized carbons (Fsp3) is 0.632. The zero-order chi connectivity index (χ0) is 30.3. The molecule has 1 aromatic heterocycles. The molecule has 1 amide bonds. The number of aliphatic hydroxyl groups is 1. The number of likely N-dealkylation sites (tertiary alicyclic amines) is 1. The Hall–Kier alpha value is -2.70. The van der Waals surface area contributed by atoms with Crippen LogP contribution in [-0.2, 0) is 10.2 Å². The molecule has 3 aromatic rings. The molecule has 0 radical (unpaired) electrons. The molecule has 4 heterocycles. The van der Waals surface area contributed by atoms with Gasteiger partial charge in [0.25, 0.3) is 0 Å². The summed E-state index contributed by atoms with van der Waals surface area (Å²) >= 11 is 0. The number of amides is 1. The second-order valence-electron chi connectivity index (χ2n) is 14.6. The fourth-order valence-corrected chi connectivity index (χ4v) is 9.94. The number of fused-ring (bicyclic) bond motifs is 3. The second kappa shape index (κ2) is 12.2. The van der Waals surface area contributed by atoms with Crippen LogP contribution < -0.4 is 0 Å². The van der Waals surface area contributed by atoms with Crippen molar-refractivity contribution in [2.75, 3.05) is 19.6 Å². The van der Waals surface area contributed by atoms with Gasteiger partial charge in [-0.05, 0) is 101 Å². The van der Waals surface area contributed by atoms with Gasteiger partial charge in [-0.1, -0.05) is 68.7 Å². The van der Waals surface area contributed by atoms with E-state index in [1.807, 2.05) is 0 Å². The Balaban J connectivity index is 1.04. The molecule has 1 unspecified atom stereocenters. The monoisotopic (exact) mass is 596 g/mol. The van der Waals surface area contributed by atoms with Crippen LogP contribution in [0.2, 0.25) is 0 Å². The first-order valence-corrected chi connectivity index (χ1v) is 17.7. The average Bonchev–Trinajstić information content (AvgIpc) is 3.51. The maximum Gasteiger partial charge on any atom is 0.228 e. The second-order valence-corrected chi connectivity index (χ2v) is 14.6. The highest BCUT2D eigenvalue weighted by Crippen LogP contribution is 2.46. The maximum atomic E-state index is 13.9. The molecule has 6 heteroatoms. The van der Waals surface area contributed by atoms with Crippen LogP contribution in [0.1, 0.15) is 108 Å². The molecule has 6 nitrogen and oxygen atoms in total. The largest absolute Gasteiger partial charge is 0.389 e. The summed E-state index contributed by atoms with van der Waals surface area (Å²) in [5.41, 5.74) is 3.12. The van der Waals surface area contributed by atoms with E-state index in [0.29, 0.717) is 18.1 Å². The molecular formula is C38H52N4O2. The molecule has 3 saturated heterocycles. The zero-order valence-corrected chi connectivity index (χ0v) is 27.0. The molecule has 4 aliphatic rings. The standard InChI is InChI=1S/C38H52N4O2/c1-3-33(38(44)18-10-5-11-19-38)36(43)40-23-20-37(21-24-40,29-12-6-4-7-13-29)22-25-41-30-16-17-31(41)27-32(26-30)42-28(2)39-34-14-8-9-15-35(34)42/h4,6-9,12-15,30-33,44H,3,5,10-11,16-27H2,1-2H3/t30-,31+,32+,33?. The van der Waals surface area contributed by atoms with Crippen LogP contribution in [0.25, 0.3) is 11.0 Å². The van der Waals surface area contributed by atoms with Gasteiger partial charge >= 0.3 is 0 Å². The number of aromatic nitrogens is 2. The molecule has 1 aliphatic carbocycles. The molecular weight excluding hydrogens is 544 g/mol. The maximum absolute atomic E-state index is 13.9. The number of hydrogen-bond donors (Lipinski definition) is 1. The molecule has 3 aliphatic heterocycles. The van der Waals surface area contributed by atoms with E-state index in [1.54, 1.807) is 0 Å². The average molecular weight is 597 g/mol. The predicted molar refractivity (Wildman–Crippen MR) is 177 cm³/mol. The van der Waals surface area contributed by atoms with Crippen molar-refractivity contribution >= 4 is 16.9 Å². The molecule has 7 rings (SSSR count). The number of carbonyl (C=O) groups is 1. The van der Waals surface area contributed by atoms with Crippen LogP contribution in [0.3, 0.4) is 0 Å². The summed E-state index contributed by atoms with van der Waals surface area (Å²) in [5, 5.41) is 11.5. The van der Waals surface area contributed by atoms with Gasteiger partial charge in [0.05, 0.1) is 22.6 Å². The Kier molecular flexibility index (Phi) is 8.34. The number of benzene rings is 2. The van der Waals surface area contributed by atoms with E-state index in [0.717, 1.165) is 82.3 Å². The number of rotatable bonds is 8. The predicted octanol–water partition coefficient (Wildman–Crippen LogP) is 7.18. The molecule has 4 atom stereocenters. The highest BCUT2D eigenvalue weighted by Gasteiger charge is 2.46. The number of aryl methyl sites for hydroxylation is 1. The van der Waals surface area contributed by atoms with Crippen molar-refractivity contribution in [2.45, 2.75) is 126 Å². The minimum atomic E-state index is -0.814. The van der Waals surface area contributed by atoms with Crippen LogP contribution in [0.4, 0.5) is 0 Å². The first kappa shape index (κ1) is 30.0. The van der Waals surface area contributed by atoms with Gasteiger partial charge < -0.3 is 14.6 Å². The third-order valence-electron chi connectivity index (χ3n) is 12.3. The van der Waals surface area contributed by atoms with Gasteiger partial charge in [0.15, 0.2) is 0 Å². The van der Waals surface area contributed by atoms with Crippen LogP contribution in [0.15, 0.2) is 54.6 Å². The third-order valence-corrected chi connectivity index (χ3v) is 12.3. The Morgan fingerprint density at radius 2 is 1.57 bits per heavy atom. The summed E-state index contributed by atoms with van der Waals surface area (Å²) in [7, 11) is 0. The van der Waals surface area contributed by atoms with Crippen molar-refractivity contribution in [1.29, 1.82) is 0 Å².